The van der Waals surface area contributed by atoms with Crippen molar-refractivity contribution in [3.63, 3.8) is 0 Å². The number of benzene rings is 1. The highest BCUT2D eigenvalue weighted by atomic mass is 16.3. The number of pyridine rings is 1. The van der Waals surface area contributed by atoms with Crippen LogP contribution >= 0.6 is 0 Å². The van der Waals surface area contributed by atoms with Crippen LogP contribution in [0.4, 0.5) is 5.82 Å². The van der Waals surface area contributed by atoms with Gasteiger partial charge in [0.05, 0.1) is 23.8 Å². The molecule has 0 saturated carbocycles. The first-order valence-electron chi connectivity index (χ1n) is 11.9. The van der Waals surface area contributed by atoms with Gasteiger partial charge in [-0.15, -0.1) is 0 Å². The van der Waals surface area contributed by atoms with Crippen molar-refractivity contribution >= 4 is 17.6 Å². The summed E-state index contributed by atoms with van der Waals surface area (Å²) in [6.45, 7) is 6.09. The van der Waals surface area contributed by atoms with Crippen molar-refractivity contribution in [1.29, 1.82) is 5.26 Å². The van der Waals surface area contributed by atoms with Crippen LogP contribution < -0.4 is 10.6 Å². The minimum absolute atomic E-state index is 0.00820. The molecule has 1 aromatic carbocycles. The number of likely N-dealkylation sites (tertiary alicyclic amines) is 1. The van der Waals surface area contributed by atoms with Crippen LogP contribution in [0.2, 0.25) is 0 Å². The van der Waals surface area contributed by atoms with Crippen LogP contribution in [0.5, 0.6) is 0 Å². The van der Waals surface area contributed by atoms with Crippen molar-refractivity contribution in [2.24, 2.45) is 0 Å². The minimum atomic E-state index is -0.227. The normalized spacial score (nSPS) is 14.6. The van der Waals surface area contributed by atoms with Gasteiger partial charge in [0.15, 0.2) is 0 Å². The number of nitrogens with one attached hydrogen (secondary N) is 2. The van der Waals surface area contributed by atoms with E-state index in [1.165, 1.54) is 11.8 Å². The largest absolute Gasteiger partial charge is 0.395 e. The van der Waals surface area contributed by atoms with E-state index >= 15 is 0 Å². The van der Waals surface area contributed by atoms with E-state index in [-0.39, 0.29) is 18.4 Å². The highest BCUT2D eigenvalue weighted by Gasteiger charge is 2.24. The van der Waals surface area contributed by atoms with Gasteiger partial charge in [-0.25, -0.2) is 4.98 Å². The fraction of sp³-hybridized carbons (Fsp3) is 0.407. The quantitative estimate of drug-likeness (QED) is 0.479. The van der Waals surface area contributed by atoms with Crippen molar-refractivity contribution < 1.29 is 14.7 Å². The lowest BCUT2D eigenvalue weighted by Crippen LogP contribution is -2.38. The number of nitrogens with zero attached hydrogens (tertiary/aromatic N) is 3. The topological polar surface area (TPSA) is 118 Å². The van der Waals surface area contributed by atoms with Crippen LogP contribution in [0.1, 0.15) is 60.5 Å². The molecule has 3 rings (SSSR count). The third-order valence-electron chi connectivity index (χ3n) is 6.46. The number of hydrogen-bond donors (Lipinski definition) is 3. The molecule has 8 heteroatoms. The van der Waals surface area contributed by atoms with Crippen molar-refractivity contribution in [2.45, 2.75) is 39.0 Å². The molecule has 8 nitrogen and oxygen atoms in total. The number of anilines is 1. The molecule has 184 valence electrons. The van der Waals surface area contributed by atoms with Crippen LogP contribution in [0, 0.1) is 11.3 Å². The molecule has 1 aliphatic rings. The van der Waals surface area contributed by atoms with Crippen molar-refractivity contribution in [3.05, 3.63) is 70.4 Å². The van der Waals surface area contributed by atoms with Gasteiger partial charge in [-0.3, -0.25) is 9.59 Å². The van der Waals surface area contributed by atoms with Gasteiger partial charge in [-0.05, 0) is 62.4 Å². The molecular formula is C27H33N5O3. The van der Waals surface area contributed by atoms with Crippen LogP contribution in [-0.4, -0.2) is 59.6 Å². The van der Waals surface area contributed by atoms with Crippen LogP contribution in [0.3, 0.4) is 0 Å². The molecule has 1 aromatic heterocycles. The van der Waals surface area contributed by atoms with E-state index in [4.69, 9.17) is 10.4 Å². The standard InChI is InChI=1S/C27H33N5O3/c1-19(20(2)17-31-27(35)24-7-8-25(30-18-24)29-11-14-33)15-26(34)32-12-9-23(10-13-32)22-5-3-21(16-28)4-6-22/h3-8,18,23,33H,9-15,17H2,1-2H3,(H,29,30)(H,31,35)/b20-19-. The molecule has 0 aliphatic carbocycles. The Bertz CT molecular complexity index is 1080. The Morgan fingerprint density at radius 1 is 1.11 bits per heavy atom. The Balaban J connectivity index is 1.45. The molecular weight excluding hydrogens is 442 g/mol. The zero-order chi connectivity index (χ0) is 25.2. The van der Waals surface area contributed by atoms with Crippen LogP contribution in [0.25, 0.3) is 0 Å². The van der Waals surface area contributed by atoms with E-state index in [1.54, 1.807) is 12.1 Å². The first kappa shape index (κ1) is 25.9. The summed E-state index contributed by atoms with van der Waals surface area (Å²) >= 11 is 0. The Kier molecular flexibility index (Phi) is 9.39. The van der Waals surface area contributed by atoms with E-state index in [0.29, 0.717) is 42.4 Å². The second kappa shape index (κ2) is 12.7. The molecule has 2 aromatic rings. The van der Waals surface area contributed by atoms with Crippen molar-refractivity contribution in [3.8, 4) is 6.07 Å². The number of nitriles is 1. The molecule has 1 saturated heterocycles. The number of piperidine rings is 1. The zero-order valence-corrected chi connectivity index (χ0v) is 20.4. The zero-order valence-electron chi connectivity index (χ0n) is 20.4. The van der Waals surface area contributed by atoms with Crippen LogP contribution in [0.15, 0.2) is 53.7 Å². The van der Waals surface area contributed by atoms with Gasteiger partial charge < -0.3 is 20.6 Å². The SMILES string of the molecule is C/C(CNC(=O)c1ccc(NCCO)nc1)=C(\C)CC(=O)N1CCC(c2ccc(C#N)cc2)CC1. The lowest BCUT2D eigenvalue weighted by Gasteiger charge is -2.32. The van der Waals surface area contributed by atoms with Crippen LogP contribution in [-0.2, 0) is 4.79 Å². The smallest absolute Gasteiger partial charge is 0.253 e. The fourth-order valence-corrected chi connectivity index (χ4v) is 4.06. The summed E-state index contributed by atoms with van der Waals surface area (Å²) in [6, 6.07) is 13.3. The van der Waals surface area contributed by atoms with Gasteiger partial charge in [0, 0.05) is 38.8 Å². The Morgan fingerprint density at radius 3 is 2.43 bits per heavy atom. The predicted molar refractivity (Wildman–Crippen MR) is 135 cm³/mol. The second-order valence-electron chi connectivity index (χ2n) is 8.89. The maximum Gasteiger partial charge on any atom is 0.253 e. The number of rotatable bonds is 9. The molecule has 1 aliphatic heterocycles. The molecule has 0 radical (unpaired) electrons. The number of amides is 2. The van der Waals surface area contributed by atoms with E-state index in [2.05, 4.69) is 21.7 Å². The average molecular weight is 476 g/mol. The van der Waals surface area contributed by atoms with Crippen molar-refractivity contribution in [2.75, 3.05) is 38.1 Å². The molecule has 2 heterocycles. The number of aliphatic hydroxyl groups is 1. The Morgan fingerprint density at radius 2 is 1.83 bits per heavy atom. The third kappa shape index (κ3) is 7.39. The predicted octanol–water partition coefficient (Wildman–Crippen LogP) is 3.22. The number of carbonyl (C=O) groups is 2. The van der Waals surface area contributed by atoms with Gasteiger partial charge in [-0.1, -0.05) is 23.3 Å². The first-order valence-corrected chi connectivity index (χ1v) is 11.9. The lowest BCUT2D eigenvalue weighted by molar-refractivity contribution is -0.131. The van der Waals surface area contributed by atoms with Gasteiger partial charge in [0.25, 0.3) is 5.91 Å². The molecule has 0 atom stereocenters. The number of hydrogen-bond acceptors (Lipinski definition) is 6. The highest BCUT2D eigenvalue weighted by molar-refractivity contribution is 5.94. The molecule has 3 N–H and O–H groups in total. The minimum Gasteiger partial charge on any atom is -0.395 e. The number of carbonyl (C=O) groups excluding carboxylic acids is 2. The van der Waals surface area contributed by atoms with Gasteiger partial charge in [-0.2, -0.15) is 5.26 Å². The van der Waals surface area contributed by atoms with Crippen molar-refractivity contribution in [1.82, 2.24) is 15.2 Å². The van der Waals surface area contributed by atoms with E-state index in [1.807, 2.05) is 43.0 Å². The van der Waals surface area contributed by atoms with Gasteiger partial charge >= 0.3 is 0 Å². The first-order chi connectivity index (χ1) is 16.9. The molecule has 0 spiro atoms. The maximum atomic E-state index is 12.8. The molecule has 35 heavy (non-hydrogen) atoms. The van der Waals surface area contributed by atoms with E-state index < -0.39 is 0 Å². The second-order valence-corrected chi connectivity index (χ2v) is 8.89. The average Bonchev–Trinajstić information content (AvgIpc) is 2.90. The summed E-state index contributed by atoms with van der Waals surface area (Å²) in [6.07, 6.45) is 3.66. The fourth-order valence-electron chi connectivity index (χ4n) is 4.06. The summed E-state index contributed by atoms with van der Waals surface area (Å²) in [7, 11) is 0. The molecule has 1 fully saturated rings. The summed E-state index contributed by atoms with van der Waals surface area (Å²) in [4.78, 5) is 31.4. The summed E-state index contributed by atoms with van der Waals surface area (Å²) in [5.74, 6) is 0.896. The third-order valence-corrected chi connectivity index (χ3v) is 6.46. The van der Waals surface area contributed by atoms with Gasteiger partial charge in [0.2, 0.25) is 5.91 Å². The Labute approximate surface area is 206 Å². The van der Waals surface area contributed by atoms with Gasteiger partial charge in [0.1, 0.15) is 5.82 Å². The summed E-state index contributed by atoms with van der Waals surface area (Å²) < 4.78 is 0. The maximum absolute atomic E-state index is 12.8. The van der Waals surface area contributed by atoms with E-state index in [9.17, 15) is 9.59 Å². The summed E-state index contributed by atoms with van der Waals surface area (Å²) in [5, 5.41) is 23.6. The monoisotopic (exact) mass is 475 g/mol. The summed E-state index contributed by atoms with van der Waals surface area (Å²) in [5.41, 5.74) is 4.27. The number of aromatic nitrogens is 1. The lowest BCUT2D eigenvalue weighted by atomic mass is 9.89. The molecule has 2 amide bonds. The highest BCUT2D eigenvalue weighted by Crippen LogP contribution is 2.28. The number of aliphatic hydroxyl groups excluding tert-OH is 1. The van der Waals surface area contributed by atoms with E-state index in [0.717, 1.165) is 37.1 Å². The Hall–Kier alpha value is -3.70. The molecule has 0 unspecified atom stereocenters. The molecule has 0 bridgehead atoms.